The topological polar surface area (TPSA) is 58.4 Å². The van der Waals surface area contributed by atoms with Crippen molar-refractivity contribution >= 4 is 5.69 Å². The largest absolute Gasteiger partial charge is 0.391 e. The summed E-state index contributed by atoms with van der Waals surface area (Å²) in [6, 6.07) is 1.60. The van der Waals surface area contributed by atoms with E-state index in [9.17, 15) is 9.90 Å². The number of hydrogen-bond donors (Lipinski definition) is 1. The van der Waals surface area contributed by atoms with E-state index in [-0.39, 0.29) is 5.56 Å². The average Bonchev–Trinajstić information content (AvgIpc) is 2.95. The molecule has 2 rings (SSSR count). The van der Waals surface area contributed by atoms with Gasteiger partial charge in [0.15, 0.2) is 0 Å². The molecular weight excluding hydrogens is 254 g/mol. The van der Waals surface area contributed by atoms with E-state index in [1.165, 1.54) is 17.5 Å². The molecule has 1 aliphatic rings. The van der Waals surface area contributed by atoms with Crippen molar-refractivity contribution in [2.75, 3.05) is 18.5 Å². The summed E-state index contributed by atoms with van der Waals surface area (Å²) in [5.74, 6) is 0.325. The summed E-state index contributed by atoms with van der Waals surface area (Å²) in [6.45, 7) is 3.31. The van der Waals surface area contributed by atoms with Crippen molar-refractivity contribution < 1.29 is 5.11 Å². The third-order valence-corrected chi connectivity index (χ3v) is 4.16. The Balaban J connectivity index is 2.03. The van der Waals surface area contributed by atoms with Crippen LogP contribution in [0.15, 0.2) is 17.1 Å². The van der Waals surface area contributed by atoms with Gasteiger partial charge in [0.1, 0.15) is 0 Å². The third kappa shape index (κ3) is 3.60. The number of anilines is 1. The predicted octanol–water partition coefficient (Wildman–Crippen LogP) is 1.64. The van der Waals surface area contributed by atoms with Gasteiger partial charge in [-0.2, -0.15) is 5.10 Å². The minimum atomic E-state index is -0.457. The Morgan fingerprint density at radius 3 is 2.80 bits per heavy atom. The molecule has 1 N–H and O–H groups in total. The zero-order valence-electron chi connectivity index (χ0n) is 12.5. The number of aliphatic hydroxyl groups excluding tert-OH is 1. The van der Waals surface area contributed by atoms with Crippen molar-refractivity contribution in [1.82, 2.24) is 9.78 Å². The van der Waals surface area contributed by atoms with Gasteiger partial charge in [-0.05, 0) is 25.2 Å². The van der Waals surface area contributed by atoms with E-state index in [0.29, 0.717) is 12.5 Å². The summed E-state index contributed by atoms with van der Waals surface area (Å²) in [4.78, 5) is 14.1. The van der Waals surface area contributed by atoms with Crippen LogP contribution in [0.25, 0.3) is 0 Å². The minimum Gasteiger partial charge on any atom is -0.391 e. The van der Waals surface area contributed by atoms with E-state index in [4.69, 9.17) is 0 Å². The maximum atomic E-state index is 12.1. The summed E-state index contributed by atoms with van der Waals surface area (Å²) in [5.41, 5.74) is 0.700. The lowest BCUT2D eigenvalue weighted by Gasteiger charge is -2.20. The first kappa shape index (κ1) is 15.0. The highest BCUT2D eigenvalue weighted by Gasteiger charge is 2.23. The molecule has 1 aromatic rings. The lowest BCUT2D eigenvalue weighted by molar-refractivity contribution is 0.0878. The Morgan fingerprint density at radius 2 is 2.20 bits per heavy atom. The molecule has 0 aromatic carbocycles. The average molecular weight is 279 g/mol. The fraction of sp³-hybridized carbons (Fsp3) is 0.733. The molecule has 0 spiro atoms. The summed E-state index contributed by atoms with van der Waals surface area (Å²) in [7, 11) is 1.96. The number of aromatic nitrogens is 2. The predicted molar refractivity (Wildman–Crippen MR) is 80.0 cm³/mol. The van der Waals surface area contributed by atoms with Gasteiger partial charge in [-0.15, -0.1) is 0 Å². The fourth-order valence-electron chi connectivity index (χ4n) is 2.90. The number of rotatable bonds is 6. The van der Waals surface area contributed by atoms with E-state index in [2.05, 4.69) is 12.0 Å². The Labute approximate surface area is 120 Å². The quantitative estimate of drug-likeness (QED) is 0.860. The number of aliphatic hydroxyl groups is 1. The molecule has 0 radical (unpaired) electrons. The van der Waals surface area contributed by atoms with Gasteiger partial charge < -0.3 is 10.0 Å². The standard InChI is InChI=1S/C15H25N3O2/c1-3-8-17(2)13-9-15(20)18(16-10-13)11-14(19)12-6-4-5-7-12/h9-10,12,14,19H,3-8,11H2,1-2H3. The highest BCUT2D eigenvalue weighted by atomic mass is 16.3. The van der Waals surface area contributed by atoms with Gasteiger partial charge in [-0.25, -0.2) is 4.68 Å². The van der Waals surface area contributed by atoms with Crippen molar-refractivity contribution in [3.63, 3.8) is 0 Å². The Hall–Kier alpha value is -1.36. The van der Waals surface area contributed by atoms with Gasteiger partial charge >= 0.3 is 0 Å². The maximum absolute atomic E-state index is 12.1. The maximum Gasteiger partial charge on any atom is 0.268 e. The first-order chi connectivity index (χ1) is 9.61. The van der Waals surface area contributed by atoms with E-state index in [1.807, 2.05) is 11.9 Å². The monoisotopic (exact) mass is 279 g/mol. The Morgan fingerprint density at radius 1 is 1.50 bits per heavy atom. The van der Waals surface area contributed by atoms with Gasteiger partial charge in [0.25, 0.3) is 5.56 Å². The molecule has 0 aliphatic heterocycles. The first-order valence-electron chi connectivity index (χ1n) is 7.58. The molecule has 1 heterocycles. The molecule has 0 bridgehead atoms. The van der Waals surface area contributed by atoms with E-state index >= 15 is 0 Å². The molecule has 5 nitrogen and oxygen atoms in total. The zero-order chi connectivity index (χ0) is 14.5. The lowest BCUT2D eigenvalue weighted by atomic mass is 10.0. The van der Waals surface area contributed by atoms with Crippen LogP contribution in [0, 0.1) is 5.92 Å². The van der Waals surface area contributed by atoms with Gasteiger partial charge in [-0.3, -0.25) is 4.79 Å². The van der Waals surface area contributed by atoms with Crippen LogP contribution in [-0.4, -0.2) is 34.6 Å². The van der Waals surface area contributed by atoms with Crippen molar-refractivity contribution in [1.29, 1.82) is 0 Å². The van der Waals surface area contributed by atoms with Crippen LogP contribution < -0.4 is 10.5 Å². The van der Waals surface area contributed by atoms with Crippen LogP contribution in [0.5, 0.6) is 0 Å². The highest BCUT2D eigenvalue weighted by molar-refractivity contribution is 5.41. The van der Waals surface area contributed by atoms with Crippen molar-refractivity contribution in [3.8, 4) is 0 Å². The van der Waals surface area contributed by atoms with Crippen LogP contribution >= 0.6 is 0 Å². The molecular formula is C15H25N3O2. The third-order valence-electron chi connectivity index (χ3n) is 4.16. The van der Waals surface area contributed by atoms with Gasteiger partial charge in [-0.1, -0.05) is 19.8 Å². The molecule has 112 valence electrons. The molecule has 5 heteroatoms. The first-order valence-corrected chi connectivity index (χ1v) is 7.58. The molecule has 1 atom stereocenters. The molecule has 1 fully saturated rings. The van der Waals surface area contributed by atoms with Crippen molar-refractivity contribution in [3.05, 3.63) is 22.6 Å². The van der Waals surface area contributed by atoms with Gasteiger partial charge in [0, 0.05) is 19.7 Å². The second kappa shape index (κ2) is 6.88. The van der Waals surface area contributed by atoms with Gasteiger partial charge in [0.05, 0.1) is 24.5 Å². The SMILES string of the molecule is CCCN(C)c1cnn(CC(O)C2CCCC2)c(=O)c1. The van der Waals surface area contributed by atoms with Gasteiger partial charge in [0.2, 0.25) is 0 Å². The summed E-state index contributed by atoms with van der Waals surface area (Å²) < 4.78 is 1.38. The summed E-state index contributed by atoms with van der Waals surface area (Å²) >= 11 is 0. The van der Waals surface area contributed by atoms with E-state index < -0.39 is 6.10 Å². The van der Waals surface area contributed by atoms with E-state index in [1.54, 1.807) is 12.3 Å². The number of nitrogens with zero attached hydrogens (tertiary/aromatic N) is 3. The molecule has 0 saturated heterocycles. The van der Waals surface area contributed by atoms with E-state index in [0.717, 1.165) is 31.5 Å². The summed E-state index contributed by atoms with van der Waals surface area (Å²) in [5, 5.41) is 14.4. The Bertz CT molecular complexity index is 480. The highest BCUT2D eigenvalue weighted by Crippen LogP contribution is 2.28. The second-order valence-corrected chi connectivity index (χ2v) is 5.77. The van der Waals surface area contributed by atoms with Crippen LogP contribution in [0.3, 0.4) is 0 Å². The number of hydrogen-bond acceptors (Lipinski definition) is 4. The fourth-order valence-corrected chi connectivity index (χ4v) is 2.90. The van der Waals surface area contributed by atoms with Crippen LogP contribution in [0.1, 0.15) is 39.0 Å². The second-order valence-electron chi connectivity index (χ2n) is 5.77. The van der Waals surface area contributed by atoms with Crippen molar-refractivity contribution in [2.45, 2.75) is 51.7 Å². The van der Waals surface area contributed by atoms with Crippen LogP contribution in [0.4, 0.5) is 5.69 Å². The molecule has 1 aromatic heterocycles. The molecule has 20 heavy (non-hydrogen) atoms. The smallest absolute Gasteiger partial charge is 0.268 e. The molecule has 1 aliphatic carbocycles. The summed E-state index contributed by atoms with van der Waals surface area (Å²) in [6.07, 6.45) is 6.77. The molecule has 1 saturated carbocycles. The normalized spacial score (nSPS) is 17.4. The Kier molecular flexibility index (Phi) is 5.17. The molecule has 1 unspecified atom stereocenters. The zero-order valence-corrected chi connectivity index (χ0v) is 12.5. The molecule has 0 amide bonds. The van der Waals surface area contributed by atoms with Crippen molar-refractivity contribution in [2.24, 2.45) is 5.92 Å². The van der Waals surface area contributed by atoms with Crippen LogP contribution in [-0.2, 0) is 6.54 Å². The minimum absolute atomic E-state index is 0.137. The van der Waals surface area contributed by atoms with Crippen LogP contribution in [0.2, 0.25) is 0 Å². The lowest BCUT2D eigenvalue weighted by Crippen LogP contribution is -2.32.